The molecule has 0 saturated heterocycles. The summed E-state index contributed by atoms with van der Waals surface area (Å²) in [6.07, 6.45) is 1.96. The van der Waals surface area contributed by atoms with Crippen molar-refractivity contribution in [1.29, 1.82) is 0 Å². The van der Waals surface area contributed by atoms with E-state index in [0.717, 1.165) is 34.2 Å². The molecule has 0 radical (unpaired) electrons. The van der Waals surface area contributed by atoms with Crippen molar-refractivity contribution < 1.29 is 4.79 Å². The normalized spacial score (nSPS) is 15.8. The van der Waals surface area contributed by atoms with Gasteiger partial charge in [-0.05, 0) is 43.8 Å². The van der Waals surface area contributed by atoms with E-state index >= 15 is 0 Å². The molecular weight excluding hydrogens is 446 g/mol. The number of amides is 1. The molecule has 9 heteroatoms. The van der Waals surface area contributed by atoms with Crippen molar-refractivity contribution in [2.75, 3.05) is 37.8 Å². The van der Waals surface area contributed by atoms with Crippen LogP contribution >= 0.6 is 15.9 Å². The molecule has 8 nitrogen and oxygen atoms in total. The van der Waals surface area contributed by atoms with Crippen LogP contribution < -0.4 is 10.6 Å². The maximum absolute atomic E-state index is 12.9. The van der Waals surface area contributed by atoms with Gasteiger partial charge in [0.15, 0.2) is 5.65 Å². The van der Waals surface area contributed by atoms with Crippen molar-refractivity contribution in [2.45, 2.75) is 26.3 Å². The number of nitrogens with zero attached hydrogens (tertiary/aromatic N) is 5. The number of likely N-dealkylation sites (N-methyl/N-ethyl adjacent to an activating group) is 1. The van der Waals surface area contributed by atoms with Gasteiger partial charge < -0.3 is 15.5 Å². The van der Waals surface area contributed by atoms with E-state index in [9.17, 15) is 4.79 Å². The first-order valence-electron chi connectivity index (χ1n) is 10.1. The molecule has 1 amide bonds. The minimum Gasteiger partial charge on any atom is -0.353 e. The van der Waals surface area contributed by atoms with Crippen LogP contribution in [0, 0.1) is 5.92 Å². The van der Waals surface area contributed by atoms with Crippen molar-refractivity contribution in [3.63, 3.8) is 0 Å². The lowest BCUT2D eigenvalue weighted by atomic mass is 9.95. The molecule has 1 aromatic carbocycles. The quantitative estimate of drug-likeness (QED) is 0.549. The highest BCUT2D eigenvalue weighted by Gasteiger charge is 2.35. The third kappa shape index (κ3) is 4.17. The monoisotopic (exact) mass is 471 g/mol. The zero-order chi connectivity index (χ0) is 21.4. The van der Waals surface area contributed by atoms with Gasteiger partial charge in [-0.3, -0.25) is 9.48 Å². The Labute approximate surface area is 184 Å². The van der Waals surface area contributed by atoms with E-state index in [1.54, 1.807) is 0 Å². The Morgan fingerprint density at radius 1 is 1.30 bits per heavy atom. The van der Waals surface area contributed by atoms with E-state index in [1.807, 2.05) is 43.2 Å². The van der Waals surface area contributed by atoms with Gasteiger partial charge in [0, 0.05) is 36.0 Å². The molecule has 3 aromatic rings. The average molecular weight is 472 g/mol. The molecule has 4 rings (SSSR count). The van der Waals surface area contributed by atoms with Crippen LogP contribution in [0.3, 0.4) is 0 Å². The van der Waals surface area contributed by atoms with Crippen LogP contribution in [-0.4, -0.2) is 57.7 Å². The van der Waals surface area contributed by atoms with Crippen LogP contribution in [0.25, 0.3) is 11.0 Å². The molecule has 1 unspecified atom stereocenters. The van der Waals surface area contributed by atoms with Crippen LogP contribution in [-0.2, 0) is 11.3 Å². The highest BCUT2D eigenvalue weighted by atomic mass is 79.9. The number of fused-ring (bicyclic) bond motifs is 2. The lowest BCUT2D eigenvalue weighted by molar-refractivity contribution is -0.116. The van der Waals surface area contributed by atoms with Crippen molar-refractivity contribution >= 4 is 44.5 Å². The molecule has 158 valence electrons. The Kier molecular flexibility index (Phi) is 5.75. The molecule has 0 bridgehead atoms. The number of nitrogens with one attached hydrogen (secondary N) is 2. The van der Waals surface area contributed by atoms with Gasteiger partial charge >= 0.3 is 0 Å². The topological polar surface area (TPSA) is 88.0 Å². The standard InChI is InChI=1S/C21H26BrN7O/c1-12(2)10-29-11-15-18(17-14-9-13(22)5-6-16(14)24-20(17)30)25-21(26-19(15)27-29)23-7-8-28(3)4/h5-6,9,11-12,17H,7-8,10H2,1-4H3,(H,24,30)(H,23,26,27). The fourth-order valence-electron chi connectivity index (χ4n) is 3.64. The highest BCUT2D eigenvalue weighted by Crippen LogP contribution is 2.40. The van der Waals surface area contributed by atoms with E-state index < -0.39 is 5.92 Å². The molecule has 3 heterocycles. The lowest BCUT2D eigenvalue weighted by Crippen LogP contribution is -2.22. The van der Waals surface area contributed by atoms with Crippen molar-refractivity contribution in [1.82, 2.24) is 24.6 Å². The summed E-state index contributed by atoms with van der Waals surface area (Å²) in [6.45, 7) is 6.61. The molecule has 2 N–H and O–H groups in total. The van der Waals surface area contributed by atoms with E-state index in [0.29, 0.717) is 29.8 Å². The Bertz CT molecular complexity index is 1090. The number of halogens is 1. The molecule has 0 aliphatic carbocycles. The lowest BCUT2D eigenvalue weighted by Gasteiger charge is -2.13. The van der Waals surface area contributed by atoms with Crippen LogP contribution in [0.15, 0.2) is 28.9 Å². The summed E-state index contributed by atoms with van der Waals surface area (Å²) in [5, 5.41) is 11.7. The fourth-order valence-corrected chi connectivity index (χ4v) is 4.01. The molecule has 1 aliphatic heterocycles. The van der Waals surface area contributed by atoms with Gasteiger partial charge in [0.1, 0.15) is 5.92 Å². The summed E-state index contributed by atoms with van der Waals surface area (Å²) in [4.78, 5) is 24.4. The van der Waals surface area contributed by atoms with E-state index in [1.165, 1.54) is 0 Å². The Hall–Kier alpha value is -2.52. The van der Waals surface area contributed by atoms with Gasteiger partial charge in [-0.1, -0.05) is 29.8 Å². The summed E-state index contributed by atoms with van der Waals surface area (Å²) in [5.41, 5.74) is 3.00. The number of benzene rings is 1. The SMILES string of the molecule is CC(C)Cn1cc2c(C3C(=O)Nc4ccc(Br)cc43)nc(NCCN(C)C)nc2n1. The number of rotatable bonds is 7. The molecule has 2 aromatic heterocycles. The molecule has 0 spiro atoms. The number of carbonyl (C=O) groups excluding carboxylic acids is 1. The number of hydrogen-bond donors (Lipinski definition) is 2. The van der Waals surface area contributed by atoms with Gasteiger partial charge in [-0.25, -0.2) is 4.98 Å². The molecule has 1 aliphatic rings. The second-order valence-corrected chi connectivity index (χ2v) is 9.21. The molecular formula is C21H26BrN7O. The van der Waals surface area contributed by atoms with E-state index in [4.69, 9.17) is 4.98 Å². The fraction of sp³-hybridized carbons (Fsp3) is 0.429. The molecule has 0 saturated carbocycles. The number of carbonyl (C=O) groups is 1. The van der Waals surface area contributed by atoms with Crippen LogP contribution in [0.5, 0.6) is 0 Å². The van der Waals surface area contributed by atoms with Gasteiger partial charge in [0.25, 0.3) is 0 Å². The third-order valence-electron chi connectivity index (χ3n) is 4.97. The largest absolute Gasteiger partial charge is 0.353 e. The molecule has 0 fully saturated rings. The minimum atomic E-state index is -0.505. The number of hydrogen-bond acceptors (Lipinski definition) is 6. The van der Waals surface area contributed by atoms with Crippen molar-refractivity contribution in [3.05, 3.63) is 40.1 Å². The van der Waals surface area contributed by atoms with Crippen LogP contribution in [0.2, 0.25) is 0 Å². The summed E-state index contributed by atoms with van der Waals surface area (Å²) >= 11 is 3.52. The average Bonchev–Trinajstić information content (AvgIpc) is 3.19. The predicted molar refractivity (Wildman–Crippen MR) is 122 cm³/mol. The van der Waals surface area contributed by atoms with Gasteiger partial charge in [-0.15, -0.1) is 0 Å². The van der Waals surface area contributed by atoms with Crippen molar-refractivity contribution in [3.8, 4) is 0 Å². The maximum atomic E-state index is 12.9. The minimum absolute atomic E-state index is 0.0843. The Morgan fingerprint density at radius 2 is 2.10 bits per heavy atom. The first-order valence-corrected chi connectivity index (χ1v) is 10.8. The van der Waals surface area contributed by atoms with E-state index in [2.05, 4.69) is 55.4 Å². The van der Waals surface area contributed by atoms with Crippen molar-refractivity contribution in [2.24, 2.45) is 5.92 Å². The third-order valence-corrected chi connectivity index (χ3v) is 5.46. The maximum Gasteiger partial charge on any atom is 0.238 e. The zero-order valence-electron chi connectivity index (χ0n) is 17.6. The summed E-state index contributed by atoms with van der Waals surface area (Å²) in [6, 6.07) is 5.81. The van der Waals surface area contributed by atoms with E-state index in [-0.39, 0.29) is 5.91 Å². The Morgan fingerprint density at radius 3 is 2.83 bits per heavy atom. The predicted octanol–water partition coefficient (Wildman–Crippen LogP) is 3.30. The van der Waals surface area contributed by atoms with Crippen LogP contribution in [0.4, 0.5) is 11.6 Å². The van der Waals surface area contributed by atoms with Gasteiger partial charge in [0.2, 0.25) is 11.9 Å². The molecule has 30 heavy (non-hydrogen) atoms. The summed E-state index contributed by atoms with van der Waals surface area (Å²) in [5.74, 6) is 0.346. The van der Waals surface area contributed by atoms with Gasteiger partial charge in [-0.2, -0.15) is 10.1 Å². The summed E-state index contributed by atoms with van der Waals surface area (Å²) < 4.78 is 2.82. The first-order chi connectivity index (χ1) is 14.3. The van der Waals surface area contributed by atoms with Crippen LogP contribution in [0.1, 0.15) is 31.0 Å². The molecule has 1 atom stereocenters. The second-order valence-electron chi connectivity index (χ2n) is 8.30. The highest BCUT2D eigenvalue weighted by molar-refractivity contribution is 9.10. The summed E-state index contributed by atoms with van der Waals surface area (Å²) in [7, 11) is 4.03. The zero-order valence-corrected chi connectivity index (χ0v) is 19.2. The smallest absolute Gasteiger partial charge is 0.238 e. The number of anilines is 2. The first kappa shape index (κ1) is 20.7. The Balaban J connectivity index is 1.81. The van der Waals surface area contributed by atoms with Gasteiger partial charge in [0.05, 0.1) is 11.1 Å². The second kappa shape index (κ2) is 8.31. The number of aromatic nitrogens is 4.